The maximum absolute atomic E-state index is 5.66. The van der Waals surface area contributed by atoms with Crippen LogP contribution in [0, 0.1) is 5.92 Å². The number of rotatable bonds is 5. The van der Waals surface area contributed by atoms with Gasteiger partial charge in [0.15, 0.2) is 0 Å². The summed E-state index contributed by atoms with van der Waals surface area (Å²) in [6.07, 6.45) is 0. The monoisotopic (exact) mass is 206 g/mol. The van der Waals surface area contributed by atoms with Crippen LogP contribution in [0.2, 0.25) is 0 Å². The molecular formula is C13H22N2. The lowest BCUT2D eigenvalue weighted by molar-refractivity contribution is 0.248. The summed E-state index contributed by atoms with van der Waals surface area (Å²) in [6, 6.07) is 8.16. The Bertz CT molecular complexity index is 277. The summed E-state index contributed by atoms with van der Waals surface area (Å²) in [4.78, 5) is 2.45. The highest BCUT2D eigenvalue weighted by Gasteiger charge is 2.05. The minimum Gasteiger partial charge on any atom is -0.399 e. The molecular weight excluding hydrogens is 184 g/mol. The van der Waals surface area contributed by atoms with Crippen LogP contribution in [0.3, 0.4) is 0 Å². The Hall–Kier alpha value is -1.02. The zero-order valence-corrected chi connectivity index (χ0v) is 10.0. The number of nitrogens with two attached hydrogens (primary N) is 1. The highest BCUT2D eigenvalue weighted by atomic mass is 15.1. The van der Waals surface area contributed by atoms with Crippen molar-refractivity contribution in [1.29, 1.82) is 0 Å². The minimum absolute atomic E-state index is 0.721. The van der Waals surface area contributed by atoms with E-state index in [0.29, 0.717) is 0 Å². The van der Waals surface area contributed by atoms with E-state index in [2.05, 4.69) is 37.8 Å². The molecule has 1 rings (SSSR count). The Morgan fingerprint density at radius 1 is 1.20 bits per heavy atom. The Kier molecular flexibility index (Phi) is 4.63. The summed E-state index contributed by atoms with van der Waals surface area (Å²) in [7, 11) is 0. The largest absolute Gasteiger partial charge is 0.399 e. The van der Waals surface area contributed by atoms with E-state index >= 15 is 0 Å². The second-order valence-electron chi connectivity index (χ2n) is 4.46. The van der Waals surface area contributed by atoms with Crippen molar-refractivity contribution in [2.24, 2.45) is 5.92 Å². The van der Waals surface area contributed by atoms with Gasteiger partial charge in [0.25, 0.3) is 0 Å². The van der Waals surface area contributed by atoms with E-state index in [1.54, 1.807) is 0 Å². The van der Waals surface area contributed by atoms with Gasteiger partial charge in [-0.1, -0.05) is 32.9 Å². The van der Waals surface area contributed by atoms with E-state index in [1.165, 1.54) is 5.56 Å². The van der Waals surface area contributed by atoms with Gasteiger partial charge in [0.05, 0.1) is 0 Å². The Morgan fingerprint density at radius 2 is 1.80 bits per heavy atom. The molecule has 2 nitrogen and oxygen atoms in total. The maximum atomic E-state index is 5.66. The predicted molar refractivity (Wildman–Crippen MR) is 66.6 cm³/mol. The molecule has 0 fully saturated rings. The zero-order chi connectivity index (χ0) is 11.3. The average molecular weight is 206 g/mol. The van der Waals surface area contributed by atoms with Gasteiger partial charge < -0.3 is 5.73 Å². The standard InChI is InChI=1S/C13H22N2/c1-4-15(9-11(2)3)10-12-5-7-13(14)8-6-12/h5-8,11H,4,9-10,14H2,1-3H3. The average Bonchev–Trinajstić information content (AvgIpc) is 2.19. The quantitative estimate of drug-likeness (QED) is 0.751. The lowest BCUT2D eigenvalue weighted by Gasteiger charge is -2.22. The van der Waals surface area contributed by atoms with Crippen molar-refractivity contribution in [1.82, 2.24) is 4.90 Å². The zero-order valence-electron chi connectivity index (χ0n) is 10.0. The predicted octanol–water partition coefficient (Wildman–Crippen LogP) is 2.75. The Balaban J connectivity index is 2.54. The maximum Gasteiger partial charge on any atom is 0.0314 e. The third kappa shape index (κ3) is 4.34. The second kappa shape index (κ2) is 5.76. The molecule has 0 spiro atoms. The third-order valence-electron chi connectivity index (χ3n) is 2.46. The van der Waals surface area contributed by atoms with Gasteiger partial charge in [-0.3, -0.25) is 4.90 Å². The van der Waals surface area contributed by atoms with E-state index in [0.717, 1.165) is 31.2 Å². The van der Waals surface area contributed by atoms with Gasteiger partial charge in [-0.15, -0.1) is 0 Å². The SMILES string of the molecule is CCN(Cc1ccc(N)cc1)CC(C)C. The molecule has 1 aromatic rings. The highest BCUT2D eigenvalue weighted by Crippen LogP contribution is 2.09. The molecule has 0 aromatic heterocycles. The van der Waals surface area contributed by atoms with Gasteiger partial charge in [-0.05, 0) is 30.2 Å². The number of hydrogen-bond acceptors (Lipinski definition) is 2. The molecule has 2 N–H and O–H groups in total. The molecule has 0 aliphatic rings. The van der Waals surface area contributed by atoms with Gasteiger partial charge >= 0.3 is 0 Å². The van der Waals surface area contributed by atoms with Crippen molar-refractivity contribution in [3.8, 4) is 0 Å². The minimum atomic E-state index is 0.721. The molecule has 0 aliphatic heterocycles. The number of nitrogen functional groups attached to an aromatic ring is 1. The summed E-state index contributed by atoms with van der Waals surface area (Å²) in [5.74, 6) is 0.721. The first-order valence-electron chi connectivity index (χ1n) is 5.68. The summed E-state index contributed by atoms with van der Waals surface area (Å²) < 4.78 is 0. The molecule has 0 heterocycles. The van der Waals surface area contributed by atoms with Crippen molar-refractivity contribution in [2.75, 3.05) is 18.8 Å². The third-order valence-corrected chi connectivity index (χ3v) is 2.46. The first kappa shape index (κ1) is 12.1. The van der Waals surface area contributed by atoms with E-state index < -0.39 is 0 Å². The Morgan fingerprint density at radius 3 is 2.27 bits per heavy atom. The lowest BCUT2D eigenvalue weighted by Crippen LogP contribution is -2.27. The van der Waals surface area contributed by atoms with E-state index in [4.69, 9.17) is 5.73 Å². The molecule has 15 heavy (non-hydrogen) atoms. The van der Waals surface area contributed by atoms with Crippen LogP contribution in [0.5, 0.6) is 0 Å². The molecule has 84 valence electrons. The van der Waals surface area contributed by atoms with Crippen LogP contribution in [0.1, 0.15) is 26.3 Å². The summed E-state index contributed by atoms with van der Waals surface area (Å²) in [5.41, 5.74) is 7.84. The normalized spacial score (nSPS) is 11.3. The van der Waals surface area contributed by atoms with Crippen LogP contribution in [0.4, 0.5) is 5.69 Å². The van der Waals surface area contributed by atoms with Gasteiger partial charge in [0.1, 0.15) is 0 Å². The van der Waals surface area contributed by atoms with Crippen LogP contribution >= 0.6 is 0 Å². The molecule has 0 aliphatic carbocycles. The lowest BCUT2D eigenvalue weighted by atomic mass is 10.1. The Labute approximate surface area is 93.1 Å². The molecule has 0 amide bonds. The van der Waals surface area contributed by atoms with Gasteiger partial charge in [-0.2, -0.15) is 0 Å². The van der Waals surface area contributed by atoms with Crippen molar-refractivity contribution in [2.45, 2.75) is 27.3 Å². The van der Waals surface area contributed by atoms with Crippen LogP contribution in [-0.2, 0) is 6.54 Å². The number of anilines is 1. The van der Waals surface area contributed by atoms with Crippen LogP contribution in [-0.4, -0.2) is 18.0 Å². The molecule has 0 saturated carbocycles. The molecule has 0 radical (unpaired) electrons. The van der Waals surface area contributed by atoms with Crippen LogP contribution in [0.15, 0.2) is 24.3 Å². The van der Waals surface area contributed by atoms with Crippen molar-refractivity contribution in [3.63, 3.8) is 0 Å². The molecule has 0 atom stereocenters. The van der Waals surface area contributed by atoms with E-state index in [1.807, 2.05) is 12.1 Å². The molecule has 0 saturated heterocycles. The van der Waals surface area contributed by atoms with E-state index in [9.17, 15) is 0 Å². The van der Waals surface area contributed by atoms with E-state index in [-0.39, 0.29) is 0 Å². The highest BCUT2D eigenvalue weighted by molar-refractivity contribution is 5.39. The topological polar surface area (TPSA) is 29.3 Å². The van der Waals surface area contributed by atoms with Crippen molar-refractivity contribution >= 4 is 5.69 Å². The summed E-state index contributed by atoms with van der Waals surface area (Å²) >= 11 is 0. The second-order valence-corrected chi connectivity index (χ2v) is 4.46. The van der Waals surface area contributed by atoms with Gasteiger partial charge in [0.2, 0.25) is 0 Å². The molecule has 2 heteroatoms. The van der Waals surface area contributed by atoms with Crippen molar-refractivity contribution in [3.05, 3.63) is 29.8 Å². The fraction of sp³-hybridized carbons (Fsp3) is 0.538. The van der Waals surface area contributed by atoms with Gasteiger partial charge in [0, 0.05) is 18.8 Å². The smallest absolute Gasteiger partial charge is 0.0314 e. The van der Waals surface area contributed by atoms with Crippen molar-refractivity contribution < 1.29 is 0 Å². The number of benzene rings is 1. The first-order valence-corrected chi connectivity index (χ1v) is 5.68. The summed E-state index contributed by atoms with van der Waals surface area (Å²) in [5, 5.41) is 0. The van der Waals surface area contributed by atoms with Crippen LogP contribution in [0.25, 0.3) is 0 Å². The molecule has 0 unspecified atom stereocenters. The fourth-order valence-electron chi connectivity index (χ4n) is 1.70. The fourth-order valence-corrected chi connectivity index (χ4v) is 1.70. The molecule has 1 aromatic carbocycles. The van der Waals surface area contributed by atoms with Gasteiger partial charge in [-0.25, -0.2) is 0 Å². The molecule has 0 bridgehead atoms. The summed E-state index contributed by atoms with van der Waals surface area (Å²) in [6.45, 7) is 10.00. The van der Waals surface area contributed by atoms with Crippen LogP contribution < -0.4 is 5.73 Å². The number of hydrogen-bond donors (Lipinski definition) is 1. The first-order chi connectivity index (χ1) is 7.11. The number of nitrogens with zero attached hydrogens (tertiary/aromatic N) is 1.